The zero-order valence-electron chi connectivity index (χ0n) is 17.3. The fourth-order valence-corrected chi connectivity index (χ4v) is 4.00. The molecular formula is C27H24O4. The van der Waals surface area contributed by atoms with E-state index in [9.17, 15) is 9.90 Å². The van der Waals surface area contributed by atoms with Crippen LogP contribution in [0.5, 0.6) is 5.75 Å². The molecule has 2 N–H and O–H groups in total. The van der Waals surface area contributed by atoms with E-state index in [-0.39, 0.29) is 12.2 Å². The summed E-state index contributed by atoms with van der Waals surface area (Å²) in [5.74, 6) is -0.175. The predicted molar refractivity (Wildman–Crippen MR) is 123 cm³/mol. The summed E-state index contributed by atoms with van der Waals surface area (Å²) in [6.45, 7) is -0.0194. The molecule has 4 nitrogen and oxygen atoms in total. The molecule has 0 heterocycles. The molecular weight excluding hydrogens is 388 g/mol. The minimum atomic E-state index is -0.923. The van der Waals surface area contributed by atoms with Gasteiger partial charge in [0, 0.05) is 0 Å². The summed E-state index contributed by atoms with van der Waals surface area (Å²) >= 11 is 0. The lowest BCUT2D eigenvalue weighted by Gasteiger charge is -2.12. The molecule has 0 saturated heterocycles. The number of rotatable bonds is 7. The number of carboxylic acids is 1. The van der Waals surface area contributed by atoms with Crippen molar-refractivity contribution in [1.82, 2.24) is 0 Å². The smallest absolute Gasteiger partial charge is 0.335 e. The van der Waals surface area contributed by atoms with E-state index in [0.29, 0.717) is 0 Å². The Hall–Kier alpha value is -3.63. The summed E-state index contributed by atoms with van der Waals surface area (Å²) in [5.41, 5.74) is 8.10. The minimum Gasteiger partial charge on any atom is -0.497 e. The summed E-state index contributed by atoms with van der Waals surface area (Å²) in [6.07, 6.45) is 8.01. The summed E-state index contributed by atoms with van der Waals surface area (Å²) < 4.78 is 5.39. The van der Waals surface area contributed by atoms with Crippen LogP contribution in [-0.2, 0) is 19.4 Å². The van der Waals surface area contributed by atoms with E-state index in [4.69, 9.17) is 9.84 Å². The first-order valence-corrected chi connectivity index (χ1v) is 10.2. The van der Waals surface area contributed by atoms with Crippen molar-refractivity contribution >= 4 is 23.7 Å². The van der Waals surface area contributed by atoms with E-state index in [1.165, 1.54) is 16.7 Å². The number of aromatic carboxylic acids is 1. The quantitative estimate of drug-likeness (QED) is 0.521. The van der Waals surface area contributed by atoms with E-state index in [1.54, 1.807) is 19.2 Å². The van der Waals surface area contributed by atoms with Crippen LogP contribution in [0.2, 0.25) is 0 Å². The molecule has 0 unspecified atom stereocenters. The molecule has 31 heavy (non-hydrogen) atoms. The normalized spacial score (nSPS) is 12.6. The van der Waals surface area contributed by atoms with Gasteiger partial charge in [0.15, 0.2) is 0 Å². The van der Waals surface area contributed by atoms with Crippen LogP contribution in [0.4, 0.5) is 0 Å². The van der Waals surface area contributed by atoms with Gasteiger partial charge in [0.1, 0.15) is 5.75 Å². The van der Waals surface area contributed by atoms with Crippen LogP contribution in [0.1, 0.15) is 43.7 Å². The second kappa shape index (κ2) is 9.02. The molecule has 3 aromatic rings. The lowest BCUT2D eigenvalue weighted by Crippen LogP contribution is -1.96. The van der Waals surface area contributed by atoms with Crippen molar-refractivity contribution in [3.05, 3.63) is 106 Å². The van der Waals surface area contributed by atoms with E-state index >= 15 is 0 Å². The molecule has 4 rings (SSSR count). The first-order chi connectivity index (χ1) is 15.1. The topological polar surface area (TPSA) is 66.8 Å². The molecule has 0 spiro atoms. The molecule has 4 heteroatoms. The van der Waals surface area contributed by atoms with Crippen molar-refractivity contribution in [2.24, 2.45) is 0 Å². The fraction of sp³-hybridized carbons (Fsp3) is 0.148. The second-order valence-electron chi connectivity index (χ2n) is 7.60. The lowest BCUT2D eigenvalue weighted by atomic mass is 9.93. The molecule has 1 aliphatic carbocycles. The van der Waals surface area contributed by atoms with Gasteiger partial charge in [0.2, 0.25) is 0 Å². The third-order valence-electron chi connectivity index (χ3n) is 5.52. The molecule has 0 fully saturated rings. The van der Waals surface area contributed by atoms with E-state index in [0.717, 1.165) is 40.8 Å². The number of allylic oxidation sites excluding steroid dienone is 2. The fourth-order valence-electron chi connectivity index (χ4n) is 4.00. The van der Waals surface area contributed by atoms with Gasteiger partial charge in [-0.15, -0.1) is 0 Å². The van der Waals surface area contributed by atoms with Crippen molar-refractivity contribution in [2.75, 3.05) is 7.11 Å². The summed E-state index contributed by atoms with van der Waals surface area (Å²) in [7, 11) is 1.64. The van der Waals surface area contributed by atoms with Crippen molar-refractivity contribution < 1.29 is 19.7 Å². The molecule has 0 amide bonds. The van der Waals surface area contributed by atoms with Crippen molar-refractivity contribution in [3.8, 4) is 5.75 Å². The molecule has 0 aromatic heterocycles. The molecule has 0 radical (unpaired) electrons. The summed E-state index contributed by atoms with van der Waals surface area (Å²) in [6, 6.07) is 19.1. The zero-order chi connectivity index (χ0) is 21.8. The van der Waals surface area contributed by atoms with Gasteiger partial charge in [0.05, 0.1) is 19.3 Å². The second-order valence-corrected chi connectivity index (χ2v) is 7.60. The Labute approximate surface area is 181 Å². The van der Waals surface area contributed by atoms with Crippen LogP contribution in [-0.4, -0.2) is 23.3 Å². The third-order valence-corrected chi connectivity index (χ3v) is 5.52. The molecule has 0 saturated carbocycles. The Balaban J connectivity index is 1.61. The molecule has 0 bridgehead atoms. The SMILES string of the molecule is COc1cc(CO)cc(CC2=CCc3cccc(/C=C/c4ccc(C(=O)O)cc4)c32)c1. The van der Waals surface area contributed by atoms with Crippen LogP contribution >= 0.6 is 0 Å². The number of hydrogen-bond acceptors (Lipinski definition) is 3. The van der Waals surface area contributed by atoms with Gasteiger partial charge >= 0.3 is 5.97 Å². The molecule has 0 aliphatic heterocycles. The van der Waals surface area contributed by atoms with Gasteiger partial charge in [-0.25, -0.2) is 4.79 Å². The molecule has 3 aromatic carbocycles. The van der Waals surface area contributed by atoms with Crippen LogP contribution in [0.25, 0.3) is 17.7 Å². The number of aliphatic hydroxyl groups is 1. The molecule has 156 valence electrons. The number of fused-ring (bicyclic) bond motifs is 1. The number of aliphatic hydroxyl groups excluding tert-OH is 1. The predicted octanol–water partition coefficient (Wildman–Crippen LogP) is 5.24. The van der Waals surface area contributed by atoms with Crippen molar-refractivity contribution in [1.29, 1.82) is 0 Å². The molecule has 0 atom stereocenters. The highest BCUT2D eigenvalue weighted by Gasteiger charge is 2.17. The largest absolute Gasteiger partial charge is 0.497 e. The van der Waals surface area contributed by atoms with Gasteiger partial charge in [-0.2, -0.15) is 0 Å². The van der Waals surface area contributed by atoms with Crippen molar-refractivity contribution in [3.63, 3.8) is 0 Å². The Morgan fingerprint density at radius 3 is 2.52 bits per heavy atom. The maximum absolute atomic E-state index is 11.0. The summed E-state index contributed by atoms with van der Waals surface area (Å²) in [4.78, 5) is 11.0. The van der Waals surface area contributed by atoms with Gasteiger partial charge in [-0.3, -0.25) is 0 Å². The standard InChI is InChI=1S/C27H24O4/c1-31-25-15-19(13-20(16-25)17-28)14-24-12-11-22-4-2-3-21(26(22)24)8-5-18-6-9-23(10-7-18)27(29)30/h2-10,12-13,15-16,28H,11,14,17H2,1H3,(H,29,30)/b8-5+. The van der Waals surface area contributed by atoms with E-state index in [2.05, 4.69) is 30.4 Å². The number of benzene rings is 3. The Kier molecular flexibility index (Phi) is 6.01. The zero-order valence-corrected chi connectivity index (χ0v) is 17.3. The minimum absolute atomic E-state index is 0.0194. The number of carboxylic acid groups (broad SMARTS) is 1. The van der Waals surface area contributed by atoms with Gasteiger partial charge in [-0.1, -0.05) is 54.6 Å². The number of methoxy groups -OCH3 is 1. The highest BCUT2D eigenvalue weighted by molar-refractivity contribution is 5.88. The van der Waals surface area contributed by atoms with E-state index in [1.807, 2.05) is 36.4 Å². The Morgan fingerprint density at radius 2 is 1.81 bits per heavy atom. The first-order valence-electron chi connectivity index (χ1n) is 10.2. The van der Waals surface area contributed by atoms with E-state index < -0.39 is 5.97 Å². The van der Waals surface area contributed by atoms with Gasteiger partial charge in [-0.05, 0) is 76.1 Å². The number of hydrogen-bond donors (Lipinski definition) is 2. The molecule has 1 aliphatic rings. The van der Waals surface area contributed by atoms with Crippen LogP contribution in [0.15, 0.2) is 66.7 Å². The highest BCUT2D eigenvalue weighted by Crippen LogP contribution is 2.34. The van der Waals surface area contributed by atoms with Crippen LogP contribution in [0, 0.1) is 0 Å². The Bertz CT molecular complexity index is 1150. The first kappa shape index (κ1) is 20.6. The average Bonchev–Trinajstić information content (AvgIpc) is 3.21. The number of ether oxygens (including phenoxy) is 1. The highest BCUT2D eigenvalue weighted by atomic mass is 16.5. The maximum atomic E-state index is 11.0. The summed E-state index contributed by atoms with van der Waals surface area (Å²) in [5, 5.41) is 18.6. The lowest BCUT2D eigenvalue weighted by molar-refractivity contribution is 0.0697. The average molecular weight is 412 g/mol. The van der Waals surface area contributed by atoms with Crippen molar-refractivity contribution in [2.45, 2.75) is 19.4 Å². The van der Waals surface area contributed by atoms with Gasteiger partial charge < -0.3 is 14.9 Å². The maximum Gasteiger partial charge on any atom is 0.335 e. The Morgan fingerprint density at radius 1 is 1.03 bits per heavy atom. The van der Waals surface area contributed by atoms with Crippen LogP contribution in [0.3, 0.4) is 0 Å². The number of carbonyl (C=O) groups is 1. The van der Waals surface area contributed by atoms with Crippen LogP contribution < -0.4 is 4.74 Å². The monoisotopic (exact) mass is 412 g/mol. The van der Waals surface area contributed by atoms with Gasteiger partial charge in [0.25, 0.3) is 0 Å². The third kappa shape index (κ3) is 4.60.